The topological polar surface area (TPSA) is 43.8 Å². The van der Waals surface area contributed by atoms with Crippen molar-refractivity contribution in [3.8, 4) is 0 Å². The van der Waals surface area contributed by atoms with Gasteiger partial charge in [-0.1, -0.05) is 29.8 Å². The van der Waals surface area contributed by atoms with Gasteiger partial charge in [0.25, 0.3) is 0 Å². The van der Waals surface area contributed by atoms with Crippen LogP contribution in [0.1, 0.15) is 24.0 Å². The van der Waals surface area contributed by atoms with Crippen LogP contribution in [0.15, 0.2) is 24.3 Å². The van der Waals surface area contributed by atoms with Gasteiger partial charge in [0.2, 0.25) is 5.91 Å². The molecule has 0 bridgehead atoms. The highest BCUT2D eigenvalue weighted by Crippen LogP contribution is 2.16. The van der Waals surface area contributed by atoms with E-state index in [1.807, 2.05) is 7.05 Å². The minimum Gasteiger partial charge on any atom is -0.395 e. The average molecular weight is 276 g/mol. The van der Waals surface area contributed by atoms with Crippen LogP contribution in [0.4, 0.5) is 0 Å². The van der Waals surface area contributed by atoms with E-state index in [0.29, 0.717) is 13.1 Å². The van der Waals surface area contributed by atoms with Crippen molar-refractivity contribution >= 4 is 5.91 Å². The number of hydrogen-bond acceptors (Lipinski definition) is 3. The van der Waals surface area contributed by atoms with Crippen molar-refractivity contribution < 1.29 is 9.90 Å². The highest BCUT2D eigenvalue weighted by atomic mass is 16.3. The Balaban J connectivity index is 1.87. The molecule has 20 heavy (non-hydrogen) atoms. The molecule has 0 saturated carbocycles. The smallest absolute Gasteiger partial charge is 0.236 e. The fourth-order valence-electron chi connectivity index (χ4n) is 2.66. The summed E-state index contributed by atoms with van der Waals surface area (Å²) < 4.78 is 0. The van der Waals surface area contributed by atoms with Gasteiger partial charge in [-0.05, 0) is 31.9 Å². The van der Waals surface area contributed by atoms with Crippen molar-refractivity contribution in [2.45, 2.75) is 32.4 Å². The highest BCUT2D eigenvalue weighted by molar-refractivity contribution is 5.78. The highest BCUT2D eigenvalue weighted by Gasteiger charge is 2.26. The van der Waals surface area contributed by atoms with Gasteiger partial charge in [-0.3, -0.25) is 9.69 Å². The molecule has 0 aliphatic carbocycles. The number of likely N-dealkylation sites (tertiary alicyclic amines) is 1. The van der Waals surface area contributed by atoms with E-state index in [-0.39, 0.29) is 18.6 Å². The van der Waals surface area contributed by atoms with Gasteiger partial charge in [0.1, 0.15) is 0 Å². The molecule has 0 aromatic heterocycles. The molecule has 110 valence electrons. The molecule has 4 heteroatoms. The Morgan fingerprint density at radius 3 is 2.75 bits per heavy atom. The first kappa shape index (κ1) is 15.0. The summed E-state index contributed by atoms with van der Waals surface area (Å²) in [6.45, 7) is 4.16. The molecule has 1 amide bonds. The summed E-state index contributed by atoms with van der Waals surface area (Å²) in [4.78, 5) is 16.1. The Morgan fingerprint density at radius 2 is 2.10 bits per heavy atom. The standard InChI is InChI=1S/C16H24N2O2/c1-13-5-7-14(8-6-13)10-17(2)16(20)11-18-9-3-4-15(18)12-19/h5-8,15,19H,3-4,9-12H2,1-2H3. The monoisotopic (exact) mass is 276 g/mol. The summed E-state index contributed by atoms with van der Waals surface area (Å²) in [5.41, 5.74) is 2.37. The first-order valence-electron chi connectivity index (χ1n) is 7.24. The second-order valence-corrected chi connectivity index (χ2v) is 5.68. The number of amides is 1. The van der Waals surface area contributed by atoms with Crippen molar-refractivity contribution in [3.05, 3.63) is 35.4 Å². The van der Waals surface area contributed by atoms with Gasteiger partial charge in [-0.15, -0.1) is 0 Å². The maximum atomic E-state index is 12.2. The van der Waals surface area contributed by atoms with Crippen molar-refractivity contribution in [1.82, 2.24) is 9.80 Å². The van der Waals surface area contributed by atoms with Crippen LogP contribution in [0, 0.1) is 6.92 Å². The molecule has 1 heterocycles. The largest absolute Gasteiger partial charge is 0.395 e. The lowest BCUT2D eigenvalue weighted by Gasteiger charge is -2.25. The van der Waals surface area contributed by atoms with E-state index < -0.39 is 0 Å². The Hall–Kier alpha value is -1.39. The Morgan fingerprint density at radius 1 is 1.40 bits per heavy atom. The van der Waals surface area contributed by atoms with Gasteiger partial charge in [-0.25, -0.2) is 0 Å². The fourth-order valence-corrected chi connectivity index (χ4v) is 2.66. The Bertz CT molecular complexity index is 444. The van der Waals surface area contributed by atoms with Crippen LogP contribution < -0.4 is 0 Å². The average Bonchev–Trinajstić information content (AvgIpc) is 2.88. The fraction of sp³-hybridized carbons (Fsp3) is 0.562. The molecule has 0 radical (unpaired) electrons. The zero-order valence-electron chi connectivity index (χ0n) is 12.4. The summed E-state index contributed by atoms with van der Waals surface area (Å²) in [7, 11) is 1.84. The van der Waals surface area contributed by atoms with E-state index in [9.17, 15) is 9.90 Å². The second kappa shape index (κ2) is 6.86. The number of carbonyl (C=O) groups excluding carboxylic acids is 1. The minimum atomic E-state index is 0.117. The molecule has 2 rings (SSSR count). The predicted octanol–water partition coefficient (Wildman–Crippen LogP) is 1.41. The SMILES string of the molecule is Cc1ccc(CN(C)C(=O)CN2CCCC2CO)cc1. The molecule has 1 atom stereocenters. The summed E-state index contributed by atoms with van der Waals surface area (Å²) in [6, 6.07) is 8.41. The molecular weight excluding hydrogens is 252 g/mol. The number of carbonyl (C=O) groups is 1. The minimum absolute atomic E-state index is 0.117. The van der Waals surface area contributed by atoms with Gasteiger partial charge < -0.3 is 10.0 Å². The van der Waals surface area contributed by atoms with Gasteiger partial charge in [0.15, 0.2) is 0 Å². The number of hydrogen-bond donors (Lipinski definition) is 1. The summed E-state index contributed by atoms with van der Waals surface area (Å²) in [5.74, 6) is 0.117. The Kier molecular flexibility index (Phi) is 5.15. The van der Waals surface area contributed by atoms with E-state index in [2.05, 4.69) is 36.1 Å². The lowest BCUT2D eigenvalue weighted by atomic mass is 10.1. The van der Waals surface area contributed by atoms with Gasteiger partial charge >= 0.3 is 0 Å². The first-order valence-corrected chi connectivity index (χ1v) is 7.24. The van der Waals surface area contributed by atoms with Crippen LogP contribution >= 0.6 is 0 Å². The molecule has 1 aromatic carbocycles. The van der Waals surface area contributed by atoms with E-state index in [1.165, 1.54) is 5.56 Å². The number of benzene rings is 1. The van der Waals surface area contributed by atoms with Gasteiger partial charge in [-0.2, -0.15) is 0 Å². The Labute approximate surface area is 121 Å². The second-order valence-electron chi connectivity index (χ2n) is 5.68. The number of nitrogens with zero attached hydrogens (tertiary/aromatic N) is 2. The maximum Gasteiger partial charge on any atom is 0.236 e. The van der Waals surface area contributed by atoms with Gasteiger partial charge in [0.05, 0.1) is 13.2 Å². The molecule has 1 unspecified atom stereocenters. The van der Waals surface area contributed by atoms with Crippen LogP contribution in [-0.2, 0) is 11.3 Å². The van der Waals surface area contributed by atoms with Crippen LogP contribution in [0.3, 0.4) is 0 Å². The van der Waals surface area contributed by atoms with Crippen LogP contribution in [0.5, 0.6) is 0 Å². The van der Waals surface area contributed by atoms with E-state index in [0.717, 1.165) is 24.9 Å². The molecule has 4 nitrogen and oxygen atoms in total. The zero-order chi connectivity index (χ0) is 14.5. The third-order valence-electron chi connectivity index (χ3n) is 4.01. The molecule has 0 spiro atoms. The lowest BCUT2D eigenvalue weighted by Crippen LogP contribution is -2.41. The van der Waals surface area contributed by atoms with Crippen LogP contribution in [0.25, 0.3) is 0 Å². The molecule has 1 N–H and O–H groups in total. The number of rotatable bonds is 5. The van der Waals surface area contributed by atoms with Crippen LogP contribution in [0.2, 0.25) is 0 Å². The van der Waals surface area contributed by atoms with E-state index in [4.69, 9.17) is 0 Å². The van der Waals surface area contributed by atoms with E-state index >= 15 is 0 Å². The summed E-state index contributed by atoms with van der Waals surface area (Å²) >= 11 is 0. The van der Waals surface area contributed by atoms with Crippen molar-refractivity contribution in [2.24, 2.45) is 0 Å². The predicted molar refractivity (Wildman–Crippen MR) is 79.3 cm³/mol. The number of aliphatic hydroxyl groups is 1. The van der Waals surface area contributed by atoms with Gasteiger partial charge in [0, 0.05) is 19.6 Å². The maximum absolute atomic E-state index is 12.2. The normalized spacial score (nSPS) is 19.2. The summed E-state index contributed by atoms with van der Waals surface area (Å²) in [6.07, 6.45) is 2.06. The lowest BCUT2D eigenvalue weighted by molar-refractivity contribution is -0.132. The van der Waals surface area contributed by atoms with Crippen molar-refractivity contribution in [2.75, 3.05) is 26.7 Å². The number of likely N-dealkylation sites (N-methyl/N-ethyl adjacent to an activating group) is 1. The molecule has 1 aliphatic rings. The van der Waals surface area contributed by atoms with E-state index in [1.54, 1.807) is 4.90 Å². The van der Waals surface area contributed by atoms with Crippen molar-refractivity contribution in [1.29, 1.82) is 0 Å². The zero-order valence-corrected chi connectivity index (χ0v) is 12.4. The third kappa shape index (κ3) is 3.81. The summed E-state index contributed by atoms with van der Waals surface area (Å²) in [5, 5.41) is 9.28. The van der Waals surface area contributed by atoms with Crippen molar-refractivity contribution in [3.63, 3.8) is 0 Å². The molecule has 1 aliphatic heterocycles. The third-order valence-corrected chi connectivity index (χ3v) is 4.01. The molecule has 1 saturated heterocycles. The quantitative estimate of drug-likeness (QED) is 0.884. The molecule has 1 aromatic rings. The molecular formula is C16H24N2O2. The van der Waals surface area contributed by atoms with Crippen LogP contribution in [-0.4, -0.2) is 53.6 Å². The molecule has 1 fully saturated rings. The number of aliphatic hydroxyl groups excluding tert-OH is 1. The number of aryl methyl sites for hydroxylation is 1. The first-order chi connectivity index (χ1) is 9.60.